The highest BCUT2D eigenvalue weighted by molar-refractivity contribution is 5.73. The average molecular weight is 265 g/mol. The molecule has 1 amide bonds. The van der Waals surface area contributed by atoms with Crippen LogP contribution >= 0.6 is 0 Å². The molecule has 0 aliphatic heterocycles. The molecule has 0 saturated carbocycles. The topological polar surface area (TPSA) is 92.9 Å². The average Bonchev–Trinajstić information content (AvgIpc) is 2.39. The summed E-state index contributed by atoms with van der Waals surface area (Å²) in [6.45, 7) is 2.91. The predicted molar refractivity (Wildman–Crippen MR) is 77.1 cm³/mol. The van der Waals surface area contributed by atoms with Gasteiger partial charge in [0.25, 0.3) is 0 Å². The number of unbranched alkanes of at least 4 members (excludes halogenated alkanes) is 1. The number of aromatic nitrogens is 2. The highest BCUT2D eigenvalue weighted by atomic mass is 16.1. The summed E-state index contributed by atoms with van der Waals surface area (Å²) < 4.78 is 0. The molecule has 0 aliphatic carbocycles. The van der Waals surface area contributed by atoms with E-state index in [0.29, 0.717) is 6.42 Å². The van der Waals surface area contributed by atoms with Crippen LogP contribution in [-0.4, -0.2) is 29.5 Å². The first-order chi connectivity index (χ1) is 9.19. The maximum absolute atomic E-state index is 10.6. The molecule has 1 aromatic heterocycles. The maximum Gasteiger partial charge on any atom is 0.217 e. The first-order valence-corrected chi connectivity index (χ1v) is 6.72. The fourth-order valence-electron chi connectivity index (χ4n) is 1.90. The highest BCUT2D eigenvalue weighted by Crippen LogP contribution is 2.21. The van der Waals surface area contributed by atoms with Crippen molar-refractivity contribution in [3.05, 3.63) is 11.9 Å². The summed E-state index contributed by atoms with van der Waals surface area (Å²) in [5, 5.41) is 6.39. The van der Waals surface area contributed by atoms with E-state index in [1.807, 2.05) is 7.05 Å². The minimum absolute atomic E-state index is 0.244. The van der Waals surface area contributed by atoms with Gasteiger partial charge in [-0.15, -0.1) is 0 Å². The fourth-order valence-corrected chi connectivity index (χ4v) is 1.90. The van der Waals surface area contributed by atoms with E-state index in [0.717, 1.165) is 49.4 Å². The molecule has 1 aromatic rings. The van der Waals surface area contributed by atoms with E-state index >= 15 is 0 Å². The molecule has 0 unspecified atom stereocenters. The van der Waals surface area contributed by atoms with E-state index in [1.165, 1.54) is 0 Å². The second-order valence-corrected chi connectivity index (χ2v) is 4.40. The molecule has 0 bridgehead atoms. The van der Waals surface area contributed by atoms with Crippen LogP contribution in [0.4, 0.5) is 11.6 Å². The summed E-state index contributed by atoms with van der Waals surface area (Å²) in [6.07, 6.45) is 5.66. The number of carbonyl (C=O) groups is 1. The Morgan fingerprint density at radius 1 is 1.32 bits per heavy atom. The van der Waals surface area contributed by atoms with Gasteiger partial charge in [0.05, 0.1) is 0 Å². The lowest BCUT2D eigenvalue weighted by molar-refractivity contribution is -0.118. The Bertz CT molecular complexity index is 408. The number of amides is 1. The third-order valence-electron chi connectivity index (χ3n) is 2.82. The zero-order chi connectivity index (χ0) is 14.1. The molecule has 106 valence electrons. The van der Waals surface area contributed by atoms with Gasteiger partial charge >= 0.3 is 0 Å². The van der Waals surface area contributed by atoms with Gasteiger partial charge in [0.1, 0.15) is 18.0 Å². The van der Waals surface area contributed by atoms with Gasteiger partial charge < -0.3 is 16.4 Å². The Labute approximate surface area is 114 Å². The van der Waals surface area contributed by atoms with E-state index < -0.39 is 0 Å². The zero-order valence-corrected chi connectivity index (χ0v) is 11.7. The number of carbonyl (C=O) groups excluding carboxylic acids is 1. The van der Waals surface area contributed by atoms with E-state index in [2.05, 4.69) is 27.5 Å². The van der Waals surface area contributed by atoms with Crippen molar-refractivity contribution < 1.29 is 4.79 Å². The Hall–Kier alpha value is -1.85. The lowest BCUT2D eigenvalue weighted by atomic mass is 10.1. The van der Waals surface area contributed by atoms with Crippen LogP contribution in [0.25, 0.3) is 0 Å². The monoisotopic (exact) mass is 265 g/mol. The van der Waals surface area contributed by atoms with Crippen LogP contribution < -0.4 is 16.4 Å². The third kappa shape index (κ3) is 5.11. The van der Waals surface area contributed by atoms with Crippen LogP contribution in [0.15, 0.2) is 6.33 Å². The molecule has 0 saturated heterocycles. The summed E-state index contributed by atoms with van der Waals surface area (Å²) in [4.78, 5) is 19.1. The second kappa shape index (κ2) is 8.29. The van der Waals surface area contributed by atoms with Crippen molar-refractivity contribution in [1.29, 1.82) is 0 Å². The summed E-state index contributed by atoms with van der Waals surface area (Å²) in [6, 6.07) is 0. The van der Waals surface area contributed by atoms with Crippen LogP contribution in [0.1, 0.15) is 38.2 Å². The first kappa shape index (κ1) is 15.2. The van der Waals surface area contributed by atoms with Crippen molar-refractivity contribution in [3.8, 4) is 0 Å². The van der Waals surface area contributed by atoms with E-state index in [4.69, 9.17) is 5.73 Å². The molecule has 4 N–H and O–H groups in total. The molecule has 0 fully saturated rings. The van der Waals surface area contributed by atoms with Gasteiger partial charge in [0.2, 0.25) is 5.91 Å². The molecule has 6 heteroatoms. The molecular formula is C13H23N5O. The Morgan fingerprint density at radius 3 is 2.68 bits per heavy atom. The van der Waals surface area contributed by atoms with Gasteiger partial charge in [-0.2, -0.15) is 0 Å². The lowest BCUT2D eigenvalue weighted by Gasteiger charge is -2.13. The van der Waals surface area contributed by atoms with Crippen LogP contribution in [0.3, 0.4) is 0 Å². The minimum atomic E-state index is -0.244. The SMILES string of the molecule is CCCc1c(NC)ncnc1NCCCCC(N)=O. The van der Waals surface area contributed by atoms with E-state index in [9.17, 15) is 4.79 Å². The van der Waals surface area contributed by atoms with Crippen LogP contribution in [0.5, 0.6) is 0 Å². The molecular weight excluding hydrogens is 242 g/mol. The number of hydrogen-bond donors (Lipinski definition) is 3. The zero-order valence-electron chi connectivity index (χ0n) is 11.7. The normalized spacial score (nSPS) is 10.2. The largest absolute Gasteiger partial charge is 0.373 e. The molecule has 0 radical (unpaired) electrons. The predicted octanol–water partition coefficient (Wildman–Crippen LogP) is 1.54. The van der Waals surface area contributed by atoms with Gasteiger partial charge in [-0.05, 0) is 19.3 Å². The molecule has 0 aliphatic rings. The summed E-state index contributed by atoms with van der Waals surface area (Å²) in [7, 11) is 1.86. The molecule has 0 aromatic carbocycles. The van der Waals surface area contributed by atoms with E-state index in [1.54, 1.807) is 6.33 Å². The van der Waals surface area contributed by atoms with Crippen molar-refractivity contribution in [1.82, 2.24) is 9.97 Å². The summed E-state index contributed by atoms with van der Waals surface area (Å²) in [5.41, 5.74) is 6.21. The van der Waals surface area contributed by atoms with Gasteiger partial charge in [0, 0.05) is 25.6 Å². The first-order valence-electron chi connectivity index (χ1n) is 6.72. The molecule has 1 heterocycles. The third-order valence-corrected chi connectivity index (χ3v) is 2.82. The summed E-state index contributed by atoms with van der Waals surface area (Å²) >= 11 is 0. The Balaban J connectivity index is 2.54. The van der Waals surface area contributed by atoms with Gasteiger partial charge in [-0.3, -0.25) is 4.79 Å². The van der Waals surface area contributed by atoms with Gasteiger partial charge in [-0.25, -0.2) is 9.97 Å². The number of nitrogens with zero attached hydrogens (tertiary/aromatic N) is 2. The van der Waals surface area contributed by atoms with Crippen molar-refractivity contribution in [3.63, 3.8) is 0 Å². The second-order valence-electron chi connectivity index (χ2n) is 4.40. The number of anilines is 2. The molecule has 0 atom stereocenters. The number of hydrogen-bond acceptors (Lipinski definition) is 5. The summed E-state index contributed by atoms with van der Waals surface area (Å²) in [5.74, 6) is 1.50. The minimum Gasteiger partial charge on any atom is -0.373 e. The van der Waals surface area contributed by atoms with Gasteiger partial charge in [-0.1, -0.05) is 13.3 Å². The number of primary amides is 1. The number of nitrogens with one attached hydrogen (secondary N) is 2. The van der Waals surface area contributed by atoms with Crippen molar-refractivity contribution >= 4 is 17.5 Å². The smallest absolute Gasteiger partial charge is 0.217 e. The van der Waals surface area contributed by atoms with E-state index in [-0.39, 0.29) is 5.91 Å². The maximum atomic E-state index is 10.6. The fraction of sp³-hybridized carbons (Fsp3) is 0.615. The van der Waals surface area contributed by atoms with Crippen LogP contribution in [0, 0.1) is 0 Å². The quantitative estimate of drug-likeness (QED) is 0.589. The van der Waals surface area contributed by atoms with Crippen LogP contribution in [-0.2, 0) is 11.2 Å². The molecule has 1 rings (SSSR count). The number of rotatable bonds is 9. The van der Waals surface area contributed by atoms with Gasteiger partial charge in [0.15, 0.2) is 0 Å². The van der Waals surface area contributed by atoms with Crippen LogP contribution in [0.2, 0.25) is 0 Å². The number of nitrogens with two attached hydrogens (primary N) is 1. The Morgan fingerprint density at radius 2 is 2.05 bits per heavy atom. The molecule has 0 spiro atoms. The van der Waals surface area contributed by atoms with Crippen molar-refractivity contribution in [2.45, 2.75) is 39.0 Å². The van der Waals surface area contributed by atoms with Crippen molar-refractivity contribution in [2.24, 2.45) is 5.73 Å². The highest BCUT2D eigenvalue weighted by Gasteiger charge is 2.09. The Kier molecular flexibility index (Phi) is 6.63. The lowest BCUT2D eigenvalue weighted by Crippen LogP contribution is -2.12. The molecule has 19 heavy (non-hydrogen) atoms. The standard InChI is InChI=1S/C13H23N5O/c1-3-6-10-12(15-2)17-9-18-13(10)16-8-5-4-7-11(14)19/h9H,3-8H2,1-2H3,(H2,14,19)(H2,15,16,17,18). The molecule has 6 nitrogen and oxygen atoms in total. The van der Waals surface area contributed by atoms with Crippen molar-refractivity contribution in [2.75, 3.05) is 24.2 Å².